The van der Waals surface area contributed by atoms with E-state index in [0.29, 0.717) is 6.61 Å². The fraction of sp³-hybridized carbons (Fsp3) is 0.556. The number of hydrogen-bond donors (Lipinski definition) is 0. The minimum absolute atomic E-state index is 0.00921. The van der Waals surface area contributed by atoms with Crippen LogP contribution in [0.2, 0.25) is 0 Å². The summed E-state index contributed by atoms with van der Waals surface area (Å²) in [5.74, 6) is -0.109. The summed E-state index contributed by atoms with van der Waals surface area (Å²) in [6, 6.07) is 1.91. The Morgan fingerprint density at radius 3 is 2.46 bits per heavy atom. The van der Waals surface area contributed by atoms with Crippen LogP contribution >= 0.6 is 11.5 Å². The molecule has 1 aromatic rings. The SMILES string of the molecule is CCOC(=O)C(C)C.c1cnsc1. The van der Waals surface area contributed by atoms with Crippen LogP contribution in [0.1, 0.15) is 20.8 Å². The first kappa shape index (κ1) is 12.1. The second-order valence-electron chi connectivity index (χ2n) is 2.60. The average molecular weight is 201 g/mol. The van der Waals surface area contributed by atoms with Gasteiger partial charge in [-0.25, -0.2) is 4.37 Å². The summed E-state index contributed by atoms with van der Waals surface area (Å²) in [7, 11) is 0. The third-order valence-electron chi connectivity index (χ3n) is 1.11. The molecule has 1 rings (SSSR count). The Morgan fingerprint density at radius 1 is 1.62 bits per heavy atom. The van der Waals surface area contributed by atoms with Gasteiger partial charge >= 0.3 is 5.97 Å². The Hall–Kier alpha value is -0.900. The molecule has 0 aliphatic heterocycles. The fourth-order valence-corrected chi connectivity index (χ4v) is 0.836. The zero-order valence-corrected chi connectivity index (χ0v) is 9.00. The number of aromatic nitrogens is 1. The van der Waals surface area contributed by atoms with Crippen LogP contribution in [-0.4, -0.2) is 16.9 Å². The van der Waals surface area contributed by atoms with Crippen molar-refractivity contribution in [1.82, 2.24) is 4.37 Å². The first-order valence-electron chi connectivity index (χ1n) is 4.19. The summed E-state index contributed by atoms with van der Waals surface area (Å²) in [6.45, 7) is 5.92. The predicted octanol–water partition coefficient (Wildman–Crippen LogP) is 2.35. The van der Waals surface area contributed by atoms with E-state index in [4.69, 9.17) is 0 Å². The fourth-order valence-electron chi connectivity index (χ4n) is 0.485. The first-order valence-corrected chi connectivity index (χ1v) is 5.03. The lowest BCUT2D eigenvalue weighted by Gasteiger charge is -2.01. The van der Waals surface area contributed by atoms with Gasteiger partial charge in [0.25, 0.3) is 0 Å². The van der Waals surface area contributed by atoms with Crippen LogP contribution in [0.5, 0.6) is 0 Å². The molecule has 0 saturated heterocycles. The van der Waals surface area contributed by atoms with Gasteiger partial charge in [0, 0.05) is 11.6 Å². The minimum atomic E-state index is -0.118. The number of nitrogens with zero attached hydrogens (tertiary/aromatic N) is 1. The van der Waals surface area contributed by atoms with Crippen LogP contribution in [-0.2, 0) is 9.53 Å². The highest BCUT2D eigenvalue weighted by Gasteiger charge is 2.04. The van der Waals surface area contributed by atoms with Crippen molar-refractivity contribution in [2.75, 3.05) is 6.61 Å². The molecule has 0 spiro atoms. The maximum atomic E-state index is 10.5. The molecule has 0 saturated carbocycles. The molecule has 74 valence electrons. The monoisotopic (exact) mass is 201 g/mol. The van der Waals surface area contributed by atoms with Crippen molar-refractivity contribution in [2.24, 2.45) is 5.92 Å². The molecule has 0 N–H and O–H groups in total. The molecule has 0 aliphatic carbocycles. The predicted molar refractivity (Wildman–Crippen MR) is 53.6 cm³/mol. The highest BCUT2D eigenvalue weighted by molar-refractivity contribution is 7.03. The van der Waals surface area contributed by atoms with Crippen molar-refractivity contribution in [3.63, 3.8) is 0 Å². The van der Waals surface area contributed by atoms with Crippen LogP contribution < -0.4 is 0 Å². The number of rotatable bonds is 2. The molecule has 13 heavy (non-hydrogen) atoms. The van der Waals surface area contributed by atoms with E-state index in [1.165, 1.54) is 11.5 Å². The highest BCUT2D eigenvalue weighted by atomic mass is 32.1. The Bertz CT molecular complexity index is 192. The minimum Gasteiger partial charge on any atom is -0.466 e. The molecule has 4 heteroatoms. The summed E-state index contributed by atoms with van der Waals surface area (Å²) in [4.78, 5) is 10.5. The van der Waals surface area contributed by atoms with Crippen LogP contribution in [0.15, 0.2) is 17.6 Å². The molecule has 3 nitrogen and oxygen atoms in total. The summed E-state index contributed by atoms with van der Waals surface area (Å²) < 4.78 is 8.43. The lowest BCUT2D eigenvalue weighted by atomic mass is 10.2. The zero-order chi connectivity index (χ0) is 10.1. The van der Waals surface area contributed by atoms with Crippen molar-refractivity contribution in [3.8, 4) is 0 Å². The lowest BCUT2D eigenvalue weighted by molar-refractivity contribution is -0.146. The van der Waals surface area contributed by atoms with Gasteiger partial charge in [0.2, 0.25) is 0 Å². The largest absolute Gasteiger partial charge is 0.466 e. The molecule has 0 aliphatic rings. The molecule has 1 aromatic heterocycles. The maximum Gasteiger partial charge on any atom is 0.308 e. The van der Waals surface area contributed by atoms with E-state index < -0.39 is 0 Å². The molecule has 0 aromatic carbocycles. The van der Waals surface area contributed by atoms with Crippen LogP contribution in [0.4, 0.5) is 0 Å². The van der Waals surface area contributed by atoms with E-state index in [0.717, 1.165) is 0 Å². The van der Waals surface area contributed by atoms with Gasteiger partial charge in [0.05, 0.1) is 12.5 Å². The molecule has 0 radical (unpaired) electrons. The molecule has 0 unspecified atom stereocenters. The third-order valence-corrected chi connectivity index (χ3v) is 1.63. The molecule has 0 atom stereocenters. The number of carbonyl (C=O) groups excluding carboxylic acids is 1. The van der Waals surface area contributed by atoms with E-state index in [-0.39, 0.29) is 11.9 Å². The molecular formula is C9H15NO2S. The normalized spacial score (nSPS) is 8.92. The number of carbonyl (C=O) groups is 1. The third kappa shape index (κ3) is 7.46. The standard InChI is InChI=1S/C6H12O2.C3H3NS/c1-4-8-6(7)5(2)3;1-2-4-5-3-1/h5H,4H2,1-3H3;1-3H. The van der Waals surface area contributed by atoms with E-state index in [1.54, 1.807) is 13.1 Å². The first-order chi connectivity index (χ1) is 6.18. The van der Waals surface area contributed by atoms with Gasteiger partial charge in [-0.05, 0) is 24.5 Å². The lowest BCUT2D eigenvalue weighted by Crippen LogP contribution is -2.10. The second kappa shape index (κ2) is 7.73. The van der Waals surface area contributed by atoms with Crippen LogP contribution in [0.25, 0.3) is 0 Å². The summed E-state index contributed by atoms with van der Waals surface area (Å²) in [5.41, 5.74) is 0. The summed E-state index contributed by atoms with van der Waals surface area (Å²) in [5, 5.41) is 1.93. The van der Waals surface area contributed by atoms with Crippen molar-refractivity contribution in [2.45, 2.75) is 20.8 Å². The van der Waals surface area contributed by atoms with Crippen molar-refractivity contribution in [3.05, 3.63) is 17.6 Å². The topological polar surface area (TPSA) is 39.2 Å². The van der Waals surface area contributed by atoms with Gasteiger partial charge in [-0.2, -0.15) is 0 Å². The number of hydrogen-bond acceptors (Lipinski definition) is 4. The van der Waals surface area contributed by atoms with E-state index >= 15 is 0 Å². The molecular weight excluding hydrogens is 186 g/mol. The molecule has 1 heterocycles. The van der Waals surface area contributed by atoms with Crippen molar-refractivity contribution < 1.29 is 9.53 Å². The summed E-state index contributed by atoms with van der Waals surface area (Å²) >= 11 is 1.46. The Balaban J connectivity index is 0.000000243. The van der Waals surface area contributed by atoms with Gasteiger partial charge in [-0.15, -0.1) is 0 Å². The Labute approximate surface area is 82.9 Å². The molecule has 0 bridgehead atoms. The van der Waals surface area contributed by atoms with Gasteiger partial charge in [0.15, 0.2) is 0 Å². The summed E-state index contributed by atoms with van der Waals surface area (Å²) in [6.07, 6.45) is 1.77. The van der Waals surface area contributed by atoms with Gasteiger partial charge in [0.1, 0.15) is 0 Å². The second-order valence-corrected chi connectivity index (χ2v) is 3.29. The van der Waals surface area contributed by atoms with Gasteiger partial charge in [-0.3, -0.25) is 4.79 Å². The van der Waals surface area contributed by atoms with E-state index in [1.807, 2.05) is 25.3 Å². The van der Waals surface area contributed by atoms with Gasteiger partial charge in [-0.1, -0.05) is 13.8 Å². The van der Waals surface area contributed by atoms with E-state index in [9.17, 15) is 4.79 Å². The van der Waals surface area contributed by atoms with Crippen LogP contribution in [0, 0.1) is 5.92 Å². The van der Waals surface area contributed by atoms with Crippen LogP contribution in [0.3, 0.4) is 0 Å². The number of ether oxygens (including phenoxy) is 1. The number of esters is 1. The average Bonchev–Trinajstić information content (AvgIpc) is 2.61. The zero-order valence-electron chi connectivity index (χ0n) is 8.19. The highest BCUT2D eigenvalue weighted by Crippen LogP contribution is 1.93. The smallest absolute Gasteiger partial charge is 0.308 e. The Kier molecular flexibility index (Phi) is 7.20. The van der Waals surface area contributed by atoms with Crippen molar-refractivity contribution >= 4 is 17.5 Å². The van der Waals surface area contributed by atoms with Gasteiger partial charge < -0.3 is 4.74 Å². The molecule has 0 amide bonds. The molecule has 0 fully saturated rings. The quantitative estimate of drug-likeness (QED) is 0.689. The maximum absolute atomic E-state index is 10.5. The van der Waals surface area contributed by atoms with E-state index in [2.05, 4.69) is 9.11 Å². The Morgan fingerprint density at radius 2 is 2.31 bits per heavy atom. The van der Waals surface area contributed by atoms with Crippen molar-refractivity contribution in [1.29, 1.82) is 0 Å².